The Balaban J connectivity index is 2.76. The Bertz CT molecular complexity index is 340. The average Bonchev–Trinajstić information content (AvgIpc) is 2.64. The first kappa shape index (κ1) is 11.8. The highest BCUT2D eigenvalue weighted by molar-refractivity contribution is 5.93. The van der Waals surface area contributed by atoms with Gasteiger partial charge in [0.05, 0.1) is 12.1 Å². The van der Waals surface area contributed by atoms with Crippen molar-refractivity contribution in [3.63, 3.8) is 0 Å². The van der Waals surface area contributed by atoms with Gasteiger partial charge in [-0.1, -0.05) is 6.92 Å². The second kappa shape index (κ2) is 4.49. The predicted octanol–water partition coefficient (Wildman–Crippen LogP) is 0.916. The molecule has 4 heteroatoms. The van der Waals surface area contributed by atoms with Gasteiger partial charge in [0.15, 0.2) is 0 Å². The number of hydrogen-bond acceptors (Lipinski definition) is 2. The molecule has 0 aliphatic carbocycles. The van der Waals surface area contributed by atoms with Crippen LogP contribution in [0, 0.1) is 0 Å². The maximum absolute atomic E-state index is 11.8. The van der Waals surface area contributed by atoms with Gasteiger partial charge in [-0.05, 0) is 25.5 Å². The molecule has 1 rings (SSSR count). The number of aromatic nitrogens is 1. The van der Waals surface area contributed by atoms with E-state index in [-0.39, 0.29) is 12.5 Å². The van der Waals surface area contributed by atoms with E-state index in [0.29, 0.717) is 12.1 Å². The topological polar surface area (TPSA) is 54.3 Å². The van der Waals surface area contributed by atoms with E-state index >= 15 is 0 Å². The number of carbonyl (C=O) groups excluding carboxylic acids is 1. The third kappa shape index (κ3) is 2.59. The van der Waals surface area contributed by atoms with Crippen LogP contribution < -0.4 is 5.32 Å². The van der Waals surface area contributed by atoms with E-state index in [1.807, 2.05) is 33.2 Å². The first-order chi connectivity index (χ1) is 7.02. The van der Waals surface area contributed by atoms with Crippen LogP contribution in [0.5, 0.6) is 0 Å². The van der Waals surface area contributed by atoms with Crippen LogP contribution in [-0.4, -0.2) is 27.7 Å². The molecule has 0 aliphatic heterocycles. The fourth-order valence-corrected chi connectivity index (χ4v) is 1.27. The standard InChI is InChI=1S/C11H18N2O2/c1-4-11(2,8-14)12-10(15)9-6-5-7-13(9)3/h5-7,14H,4,8H2,1-3H3,(H,12,15). The summed E-state index contributed by atoms with van der Waals surface area (Å²) in [5, 5.41) is 12.0. The normalized spacial score (nSPS) is 14.7. The van der Waals surface area contributed by atoms with E-state index in [1.54, 1.807) is 10.6 Å². The van der Waals surface area contributed by atoms with Crippen molar-refractivity contribution in [2.24, 2.45) is 7.05 Å². The zero-order valence-corrected chi connectivity index (χ0v) is 9.45. The average molecular weight is 210 g/mol. The molecule has 0 saturated carbocycles. The number of rotatable bonds is 4. The minimum atomic E-state index is -0.540. The van der Waals surface area contributed by atoms with E-state index in [4.69, 9.17) is 0 Å². The molecule has 1 unspecified atom stereocenters. The van der Waals surface area contributed by atoms with E-state index in [2.05, 4.69) is 5.32 Å². The van der Waals surface area contributed by atoms with Gasteiger partial charge in [0.2, 0.25) is 0 Å². The van der Waals surface area contributed by atoms with Crippen molar-refractivity contribution in [1.29, 1.82) is 0 Å². The number of carbonyl (C=O) groups is 1. The van der Waals surface area contributed by atoms with Gasteiger partial charge >= 0.3 is 0 Å². The highest BCUT2D eigenvalue weighted by atomic mass is 16.3. The molecule has 1 atom stereocenters. The van der Waals surface area contributed by atoms with Crippen LogP contribution in [0.2, 0.25) is 0 Å². The Morgan fingerprint density at radius 1 is 1.67 bits per heavy atom. The molecule has 0 spiro atoms. The summed E-state index contributed by atoms with van der Waals surface area (Å²) in [5.41, 5.74) is 0.0598. The second-order valence-corrected chi connectivity index (χ2v) is 4.03. The minimum Gasteiger partial charge on any atom is -0.394 e. The zero-order valence-electron chi connectivity index (χ0n) is 9.45. The molecule has 15 heavy (non-hydrogen) atoms. The Kier molecular flexibility index (Phi) is 3.52. The summed E-state index contributed by atoms with van der Waals surface area (Å²) in [6.45, 7) is 3.70. The lowest BCUT2D eigenvalue weighted by molar-refractivity contribution is 0.0839. The van der Waals surface area contributed by atoms with E-state index in [1.165, 1.54) is 0 Å². The molecule has 0 radical (unpaired) electrons. The molecular formula is C11H18N2O2. The summed E-state index contributed by atoms with van der Waals surface area (Å²) in [7, 11) is 1.82. The van der Waals surface area contributed by atoms with Gasteiger partial charge in [-0.3, -0.25) is 4.79 Å². The molecule has 1 heterocycles. The van der Waals surface area contributed by atoms with E-state index in [0.717, 1.165) is 0 Å². The fraction of sp³-hybridized carbons (Fsp3) is 0.545. The number of aryl methyl sites for hydroxylation is 1. The summed E-state index contributed by atoms with van der Waals surface area (Å²) in [6.07, 6.45) is 2.51. The Morgan fingerprint density at radius 2 is 2.33 bits per heavy atom. The molecule has 0 fully saturated rings. The number of nitrogens with one attached hydrogen (secondary N) is 1. The molecule has 1 aromatic rings. The summed E-state index contributed by atoms with van der Waals surface area (Å²) >= 11 is 0. The number of aliphatic hydroxyl groups excluding tert-OH is 1. The van der Waals surface area contributed by atoms with Crippen LogP contribution in [0.4, 0.5) is 0 Å². The maximum atomic E-state index is 11.8. The largest absolute Gasteiger partial charge is 0.394 e. The fourth-order valence-electron chi connectivity index (χ4n) is 1.27. The maximum Gasteiger partial charge on any atom is 0.268 e. The second-order valence-electron chi connectivity index (χ2n) is 4.03. The number of hydrogen-bond donors (Lipinski definition) is 2. The molecule has 0 aliphatic rings. The van der Waals surface area contributed by atoms with Gasteiger partial charge in [-0.2, -0.15) is 0 Å². The van der Waals surface area contributed by atoms with Crippen molar-refractivity contribution < 1.29 is 9.90 Å². The van der Waals surface area contributed by atoms with Crippen molar-refractivity contribution in [2.75, 3.05) is 6.61 Å². The van der Waals surface area contributed by atoms with Gasteiger partial charge in [0.1, 0.15) is 5.69 Å². The third-order valence-electron chi connectivity index (χ3n) is 2.72. The quantitative estimate of drug-likeness (QED) is 0.776. The van der Waals surface area contributed by atoms with Crippen molar-refractivity contribution in [1.82, 2.24) is 9.88 Å². The molecule has 0 aromatic carbocycles. The van der Waals surface area contributed by atoms with Gasteiger partial charge in [-0.25, -0.2) is 0 Å². The van der Waals surface area contributed by atoms with Gasteiger partial charge in [0, 0.05) is 13.2 Å². The molecule has 1 aromatic heterocycles. The lowest BCUT2D eigenvalue weighted by Gasteiger charge is -2.27. The van der Waals surface area contributed by atoms with Gasteiger partial charge in [0.25, 0.3) is 5.91 Å². The summed E-state index contributed by atoms with van der Waals surface area (Å²) in [4.78, 5) is 11.8. The number of nitrogens with zero attached hydrogens (tertiary/aromatic N) is 1. The smallest absolute Gasteiger partial charge is 0.268 e. The molecule has 0 saturated heterocycles. The molecule has 84 valence electrons. The first-order valence-corrected chi connectivity index (χ1v) is 5.07. The highest BCUT2D eigenvalue weighted by Crippen LogP contribution is 2.09. The van der Waals surface area contributed by atoms with Crippen LogP contribution in [0.1, 0.15) is 30.8 Å². The van der Waals surface area contributed by atoms with Gasteiger partial charge in [-0.15, -0.1) is 0 Å². The predicted molar refractivity (Wildman–Crippen MR) is 58.7 cm³/mol. The Hall–Kier alpha value is -1.29. The van der Waals surface area contributed by atoms with E-state index in [9.17, 15) is 9.90 Å². The third-order valence-corrected chi connectivity index (χ3v) is 2.72. The van der Waals surface area contributed by atoms with Crippen LogP contribution in [-0.2, 0) is 7.05 Å². The minimum absolute atomic E-state index is 0.0559. The highest BCUT2D eigenvalue weighted by Gasteiger charge is 2.24. The molecule has 0 bridgehead atoms. The number of amides is 1. The van der Waals surface area contributed by atoms with Crippen LogP contribution in [0.15, 0.2) is 18.3 Å². The lowest BCUT2D eigenvalue weighted by atomic mass is 10.0. The van der Waals surface area contributed by atoms with Gasteiger partial charge < -0.3 is 15.0 Å². The molecule has 4 nitrogen and oxygen atoms in total. The van der Waals surface area contributed by atoms with E-state index < -0.39 is 5.54 Å². The van der Waals surface area contributed by atoms with Crippen molar-refractivity contribution in [3.8, 4) is 0 Å². The van der Waals surface area contributed by atoms with Crippen LogP contribution >= 0.6 is 0 Å². The lowest BCUT2D eigenvalue weighted by Crippen LogP contribution is -2.48. The Morgan fingerprint density at radius 3 is 2.73 bits per heavy atom. The summed E-state index contributed by atoms with van der Waals surface area (Å²) < 4.78 is 1.75. The summed E-state index contributed by atoms with van der Waals surface area (Å²) in [6, 6.07) is 3.57. The zero-order chi connectivity index (χ0) is 11.5. The van der Waals surface area contributed by atoms with Crippen molar-refractivity contribution >= 4 is 5.91 Å². The first-order valence-electron chi connectivity index (χ1n) is 5.07. The molecular weight excluding hydrogens is 192 g/mol. The monoisotopic (exact) mass is 210 g/mol. The molecule has 2 N–H and O–H groups in total. The SMILES string of the molecule is CCC(C)(CO)NC(=O)c1cccn1C. The van der Waals surface area contributed by atoms with Crippen LogP contribution in [0.25, 0.3) is 0 Å². The summed E-state index contributed by atoms with van der Waals surface area (Å²) in [5.74, 6) is -0.152. The van der Waals surface area contributed by atoms with Crippen molar-refractivity contribution in [3.05, 3.63) is 24.0 Å². The van der Waals surface area contributed by atoms with Crippen molar-refractivity contribution in [2.45, 2.75) is 25.8 Å². The number of aliphatic hydroxyl groups is 1. The van der Waals surface area contributed by atoms with Crippen LogP contribution in [0.3, 0.4) is 0 Å². The Labute approximate surface area is 89.9 Å². The molecule has 1 amide bonds.